The lowest BCUT2D eigenvalue weighted by Crippen LogP contribution is -2.28. The Morgan fingerprint density at radius 3 is 2.67 bits per heavy atom. The molecule has 1 saturated carbocycles. The number of amides is 1. The molecule has 1 aromatic rings. The van der Waals surface area contributed by atoms with Gasteiger partial charge < -0.3 is 10.1 Å². The van der Waals surface area contributed by atoms with Crippen LogP contribution in [0, 0.1) is 11.8 Å². The summed E-state index contributed by atoms with van der Waals surface area (Å²) in [5, 5.41) is 3.75. The average molecular weight is 349 g/mol. The number of fused-ring (bicyclic) bond motifs is 1. The van der Waals surface area contributed by atoms with E-state index in [0.717, 1.165) is 44.1 Å². The molecule has 2 aliphatic carbocycles. The number of rotatable bonds is 6. The molecule has 0 aliphatic heterocycles. The fourth-order valence-electron chi connectivity index (χ4n) is 3.70. The van der Waals surface area contributed by atoms with Crippen LogP contribution in [-0.2, 0) is 22.4 Å². The molecule has 0 spiro atoms. The van der Waals surface area contributed by atoms with Crippen molar-refractivity contribution in [1.29, 1.82) is 0 Å². The Bertz CT molecular complexity index is 618. The summed E-state index contributed by atoms with van der Waals surface area (Å²) in [6.45, 7) is 4.40. The highest BCUT2D eigenvalue weighted by Gasteiger charge is 2.32. The van der Waals surface area contributed by atoms with Gasteiger partial charge in [-0.1, -0.05) is 26.2 Å². The number of hydrogen-bond acceptors (Lipinski definition) is 4. The summed E-state index contributed by atoms with van der Waals surface area (Å²) >= 11 is 1.59. The van der Waals surface area contributed by atoms with Gasteiger partial charge in [-0.05, 0) is 50.5 Å². The summed E-state index contributed by atoms with van der Waals surface area (Å²) in [5.41, 5.74) is 1.74. The SMILES string of the molecule is CCC[C@H]1CCc2c(sc(NC(=O)C3CCC3)c2C(=O)OCC)C1. The van der Waals surface area contributed by atoms with Crippen LogP contribution in [0.25, 0.3) is 0 Å². The van der Waals surface area contributed by atoms with Crippen LogP contribution in [0.2, 0.25) is 0 Å². The number of anilines is 1. The van der Waals surface area contributed by atoms with E-state index in [1.165, 1.54) is 17.7 Å². The minimum Gasteiger partial charge on any atom is -0.462 e. The third-order valence-electron chi connectivity index (χ3n) is 5.26. The first-order valence-corrected chi connectivity index (χ1v) is 10.1. The summed E-state index contributed by atoms with van der Waals surface area (Å²) in [4.78, 5) is 26.1. The van der Waals surface area contributed by atoms with E-state index in [-0.39, 0.29) is 17.8 Å². The number of carbonyl (C=O) groups is 2. The summed E-state index contributed by atoms with van der Waals surface area (Å²) in [5.74, 6) is 0.599. The van der Waals surface area contributed by atoms with Crippen LogP contribution in [0.1, 0.15) is 73.2 Å². The first-order valence-electron chi connectivity index (χ1n) is 9.26. The van der Waals surface area contributed by atoms with E-state index < -0.39 is 0 Å². The molecule has 3 rings (SSSR count). The number of ether oxygens (including phenoxy) is 1. The van der Waals surface area contributed by atoms with Gasteiger partial charge in [-0.15, -0.1) is 11.3 Å². The standard InChI is InChI=1S/C19H27NO3S/c1-3-6-12-9-10-14-15(11-12)24-18(16(14)19(22)23-4-2)20-17(21)13-7-5-8-13/h12-13H,3-11H2,1-2H3,(H,20,21)/t12-/m0/s1. The zero-order chi connectivity index (χ0) is 17.1. The second-order valence-corrected chi connectivity index (χ2v) is 8.05. The Hall–Kier alpha value is -1.36. The minimum absolute atomic E-state index is 0.0653. The smallest absolute Gasteiger partial charge is 0.341 e. The molecule has 0 radical (unpaired) electrons. The topological polar surface area (TPSA) is 55.4 Å². The van der Waals surface area contributed by atoms with Gasteiger partial charge in [0.1, 0.15) is 5.00 Å². The lowest BCUT2D eigenvalue weighted by atomic mass is 9.84. The highest BCUT2D eigenvalue weighted by Crippen LogP contribution is 2.41. The van der Waals surface area contributed by atoms with Crippen molar-refractivity contribution in [2.45, 2.75) is 65.2 Å². The number of hydrogen-bond donors (Lipinski definition) is 1. The summed E-state index contributed by atoms with van der Waals surface area (Å²) in [6.07, 6.45) is 8.55. The Labute approximate surface area is 148 Å². The monoisotopic (exact) mass is 349 g/mol. The van der Waals surface area contributed by atoms with Gasteiger partial charge in [-0.25, -0.2) is 4.79 Å². The van der Waals surface area contributed by atoms with E-state index in [1.54, 1.807) is 11.3 Å². The van der Waals surface area contributed by atoms with Crippen molar-refractivity contribution in [2.75, 3.05) is 11.9 Å². The van der Waals surface area contributed by atoms with Gasteiger partial charge in [-0.2, -0.15) is 0 Å². The highest BCUT2D eigenvalue weighted by atomic mass is 32.1. The van der Waals surface area contributed by atoms with Gasteiger partial charge in [0, 0.05) is 10.8 Å². The molecule has 132 valence electrons. The van der Waals surface area contributed by atoms with E-state index in [9.17, 15) is 9.59 Å². The van der Waals surface area contributed by atoms with Gasteiger partial charge in [0.15, 0.2) is 0 Å². The summed E-state index contributed by atoms with van der Waals surface area (Å²) < 4.78 is 5.27. The number of esters is 1. The van der Waals surface area contributed by atoms with Crippen molar-refractivity contribution in [2.24, 2.45) is 11.8 Å². The van der Waals surface area contributed by atoms with Gasteiger partial charge in [-0.3, -0.25) is 4.79 Å². The van der Waals surface area contributed by atoms with Crippen molar-refractivity contribution < 1.29 is 14.3 Å². The summed E-state index contributed by atoms with van der Waals surface area (Å²) in [6, 6.07) is 0. The number of thiophene rings is 1. The fourth-order valence-corrected chi connectivity index (χ4v) is 5.05. The van der Waals surface area contributed by atoms with Crippen LogP contribution >= 0.6 is 11.3 Å². The van der Waals surface area contributed by atoms with Crippen molar-refractivity contribution in [3.05, 3.63) is 16.0 Å². The van der Waals surface area contributed by atoms with E-state index in [0.29, 0.717) is 23.1 Å². The van der Waals surface area contributed by atoms with Crippen molar-refractivity contribution in [3.63, 3.8) is 0 Å². The molecule has 0 bridgehead atoms. The molecule has 1 amide bonds. The third kappa shape index (κ3) is 3.51. The molecule has 24 heavy (non-hydrogen) atoms. The quantitative estimate of drug-likeness (QED) is 0.766. The third-order valence-corrected chi connectivity index (χ3v) is 6.43. The number of carbonyl (C=O) groups excluding carboxylic acids is 2. The number of nitrogens with one attached hydrogen (secondary N) is 1. The van der Waals surface area contributed by atoms with Crippen LogP contribution in [0.15, 0.2) is 0 Å². The first-order chi connectivity index (χ1) is 11.6. The second kappa shape index (κ2) is 7.68. The Kier molecular flexibility index (Phi) is 5.59. The maximum Gasteiger partial charge on any atom is 0.341 e. The molecule has 0 aromatic carbocycles. The van der Waals surface area contributed by atoms with Crippen LogP contribution in [0.4, 0.5) is 5.00 Å². The molecule has 2 aliphatic rings. The van der Waals surface area contributed by atoms with Crippen molar-refractivity contribution in [3.8, 4) is 0 Å². The summed E-state index contributed by atoms with van der Waals surface area (Å²) in [7, 11) is 0. The van der Waals surface area contributed by atoms with Crippen LogP contribution < -0.4 is 5.32 Å². The van der Waals surface area contributed by atoms with Gasteiger partial charge in [0.25, 0.3) is 0 Å². The fraction of sp³-hybridized carbons (Fsp3) is 0.684. The zero-order valence-electron chi connectivity index (χ0n) is 14.7. The molecular formula is C19H27NO3S. The lowest BCUT2D eigenvalue weighted by Gasteiger charge is -2.24. The second-order valence-electron chi connectivity index (χ2n) is 6.94. The molecule has 1 N–H and O–H groups in total. The predicted octanol–water partition coefficient (Wildman–Crippen LogP) is 4.57. The molecule has 4 nitrogen and oxygen atoms in total. The van der Waals surface area contributed by atoms with Crippen LogP contribution in [0.3, 0.4) is 0 Å². The molecule has 5 heteroatoms. The van der Waals surface area contributed by atoms with Crippen molar-refractivity contribution >= 4 is 28.2 Å². The molecule has 0 unspecified atom stereocenters. The molecule has 1 heterocycles. The molecule has 1 fully saturated rings. The van der Waals surface area contributed by atoms with E-state index >= 15 is 0 Å². The average Bonchev–Trinajstić information content (AvgIpc) is 2.82. The Morgan fingerprint density at radius 2 is 2.04 bits per heavy atom. The Morgan fingerprint density at radius 1 is 1.25 bits per heavy atom. The van der Waals surface area contributed by atoms with E-state index in [2.05, 4.69) is 12.2 Å². The highest BCUT2D eigenvalue weighted by molar-refractivity contribution is 7.17. The van der Waals surface area contributed by atoms with Gasteiger partial charge in [0.2, 0.25) is 5.91 Å². The van der Waals surface area contributed by atoms with Crippen LogP contribution in [-0.4, -0.2) is 18.5 Å². The predicted molar refractivity (Wildman–Crippen MR) is 96.7 cm³/mol. The van der Waals surface area contributed by atoms with E-state index in [4.69, 9.17) is 4.74 Å². The zero-order valence-corrected chi connectivity index (χ0v) is 15.5. The van der Waals surface area contributed by atoms with Crippen LogP contribution in [0.5, 0.6) is 0 Å². The maximum atomic E-state index is 12.5. The minimum atomic E-state index is -0.284. The van der Waals surface area contributed by atoms with Gasteiger partial charge >= 0.3 is 5.97 Å². The molecular weight excluding hydrogens is 322 g/mol. The lowest BCUT2D eigenvalue weighted by molar-refractivity contribution is -0.122. The van der Waals surface area contributed by atoms with E-state index in [1.807, 2.05) is 6.92 Å². The van der Waals surface area contributed by atoms with Crippen molar-refractivity contribution in [1.82, 2.24) is 0 Å². The normalized spacial score (nSPS) is 20.2. The first kappa shape index (κ1) is 17.5. The molecule has 1 atom stereocenters. The van der Waals surface area contributed by atoms with Gasteiger partial charge in [0.05, 0.1) is 12.2 Å². The molecule has 0 saturated heterocycles. The largest absolute Gasteiger partial charge is 0.462 e. The Balaban J connectivity index is 1.85. The maximum absolute atomic E-state index is 12.5. The molecule has 1 aromatic heterocycles.